The Hall–Kier alpha value is -1.32. The molecule has 20 heavy (non-hydrogen) atoms. The third kappa shape index (κ3) is 3.05. The summed E-state index contributed by atoms with van der Waals surface area (Å²) >= 11 is 0. The van der Waals surface area contributed by atoms with Crippen LogP contribution in [-0.4, -0.2) is 23.1 Å². The van der Waals surface area contributed by atoms with Crippen molar-refractivity contribution in [2.75, 3.05) is 17.7 Å². The minimum Gasteiger partial charge on any atom is -0.373 e. The van der Waals surface area contributed by atoms with E-state index in [0.717, 1.165) is 29.3 Å². The van der Waals surface area contributed by atoms with Gasteiger partial charge in [0.1, 0.15) is 17.5 Å². The zero-order chi connectivity index (χ0) is 14.1. The monoisotopic (exact) mass is 274 g/mol. The van der Waals surface area contributed by atoms with Gasteiger partial charge in [-0.1, -0.05) is 13.8 Å². The first-order valence-corrected chi connectivity index (χ1v) is 7.99. The summed E-state index contributed by atoms with van der Waals surface area (Å²) in [6, 6.07) is 2.60. The SMILES string of the molecule is CNc1cc(NC2CCC(C)C(C)C2)nc(C2CC2)n1. The number of hydrogen-bond acceptors (Lipinski definition) is 4. The quantitative estimate of drug-likeness (QED) is 0.880. The minimum absolute atomic E-state index is 0.563. The molecule has 3 atom stereocenters. The average Bonchev–Trinajstić information content (AvgIpc) is 3.27. The van der Waals surface area contributed by atoms with Gasteiger partial charge in [0.2, 0.25) is 0 Å². The summed E-state index contributed by atoms with van der Waals surface area (Å²) in [7, 11) is 1.92. The summed E-state index contributed by atoms with van der Waals surface area (Å²) in [5, 5.41) is 6.79. The van der Waals surface area contributed by atoms with Gasteiger partial charge in [0.25, 0.3) is 0 Å². The maximum Gasteiger partial charge on any atom is 0.136 e. The molecule has 3 unspecified atom stereocenters. The molecule has 4 nitrogen and oxygen atoms in total. The predicted octanol–water partition coefficient (Wildman–Crippen LogP) is 3.63. The largest absolute Gasteiger partial charge is 0.373 e. The molecule has 2 fully saturated rings. The second-order valence-corrected chi connectivity index (χ2v) is 6.63. The number of anilines is 2. The predicted molar refractivity (Wildman–Crippen MR) is 83.1 cm³/mol. The highest BCUT2D eigenvalue weighted by Gasteiger charge is 2.28. The van der Waals surface area contributed by atoms with Crippen LogP contribution in [0.5, 0.6) is 0 Å². The molecule has 3 rings (SSSR count). The second-order valence-electron chi connectivity index (χ2n) is 6.63. The first kappa shape index (κ1) is 13.7. The highest BCUT2D eigenvalue weighted by Crippen LogP contribution is 2.39. The van der Waals surface area contributed by atoms with Gasteiger partial charge >= 0.3 is 0 Å². The molecule has 0 bridgehead atoms. The first-order chi connectivity index (χ1) is 9.65. The standard InChI is InChI=1S/C16H26N4/c1-10-4-7-13(8-11(10)2)18-15-9-14(17-3)19-16(20-15)12-5-6-12/h9-13H,4-8H2,1-3H3,(H2,17,18,19,20). The van der Waals surface area contributed by atoms with Gasteiger partial charge in [0.15, 0.2) is 0 Å². The lowest BCUT2D eigenvalue weighted by molar-refractivity contribution is 0.260. The van der Waals surface area contributed by atoms with E-state index in [-0.39, 0.29) is 0 Å². The second kappa shape index (κ2) is 5.58. The lowest BCUT2D eigenvalue weighted by Gasteiger charge is -2.32. The number of aromatic nitrogens is 2. The zero-order valence-corrected chi connectivity index (χ0v) is 12.8. The van der Waals surface area contributed by atoms with E-state index >= 15 is 0 Å². The fraction of sp³-hybridized carbons (Fsp3) is 0.750. The maximum absolute atomic E-state index is 4.72. The molecule has 0 aromatic carbocycles. The lowest BCUT2D eigenvalue weighted by Crippen LogP contribution is -2.30. The van der Waals surface area contributed by atoms with E-state index in [2.05, 4.69) is 29.5 Å². The Morgan fingerprint density at radius 1 is 1.00 bits per heavy atom. The van der Waals surface area contributed by atoms with Gasteiger partial charge in [-0.25, -0.2) is 9.97 Å². The van der Waals surface area contributed by atoms with E-state index < -0.39 is 0 Å². The van der Waals surface area contributed by atoms with Crippen LogP contribution in [0, 0.1) is 11.8 Å². The molecule has 2 N–H and O–H groups in total. The van der Waals surface area contributed by atoms with Crippen LogP contribution in [0.3, 0.4) is 0 Å². The van der Waals surface area contributed by atoms with Crippen molar-refractivity contribution < 1.29 is 0 Å². The van der Waals surface area contributed by atoms with E-state index in [1.54, 1.807) is 0 Å². The molecule has 0 amide bonds. The Morgan fingerprint density at radius 2 is 1.75 bits per heavy atom. The Morgan fingerprint density at radius 3 is 2.40 bits per heavy atom. The average molecular weight is 274 g/mol. The van der Waals surface area contributed by atoms with Crippen LogP contribution in [0.4, 0.5) is 11.6 Å². The topological polar surface area (TPSA) is 49.8 Å². The van der Waals surface area contributed by atoms with Gasteiger partial charge in [0, 0.05) is 25.1 Å². The molecule has 0 radical (unpaired) electrons. The Bertz CT molecular complexity index is 470. The van der Waals surface area contributed by atoms with Crippen molar-refractivity contribution in [2.45, 2.75) is 57.9 Å². The number of rotatable bonds is 4. The van der Waals surface area contributed by atoms with Crippen molar-refractivity contribution in [1.29, 1.82) is 0 Å². The van der Waals surface area contributed by atoms with Crippen LogP contribution >= 0.6 is 0 Å². The molecule has 2 aliphatic carbocycles. The minimum atomic E-state index is 0.563. The van der Waals surface area contributed by atoms with Crippen LogP contribution in [0.25, 0.3) is 0 Å². The fourth-order valence-corrected chi connectivity index (χ4v) is 3.08. The van der Waals surface area contributed by atoms with Crippen molar-refractivity contribution in [2.24, 2.45) is 11.8 Å². The lowest BCUT2D eigenvalue weighted by atomic mass is 9.79. The number of nitrogens with one attached hydrogen (secondary N) is 2. The molecular weight excluding hydrogens is 248 g/mol. The molecule has 4 heteroatoms. The van der Waals surface area contributed by atoms with Crippen LogP contribution in [0.1, 0.15) is 57.7 Å². The zero-order valence-electron chi connectivity index (χ0n) is 12.8. The smallest absolute Gasteiger partial charge is 0.136 e. The number of nitrogens with zero attached hydrogens (tertiary/aromatic N) is 2. The van der Waals surface area contributed by atoms with Crippen LogP contribution in [0.2, 0.25) is 0 Å². The molecule has 1 heterocycles. The fourth-order valence-electron chi connectivity index (χ4n) is 3.08. The summed E-state index contributed by atoms with van der Waals surface area (Å²) in [6.07, 6.45) is 6.30. The highest BCUT2D eigenvalue weighted by atomic mass is 15.1. The summed E-state index contributed by atoms with van der Waals surface area (Å²) in [5.74, 6) is 5.19. The first-order valence-electron chi connectivity index (χ1n) is 7.99. The summed E-state index contributed by atoms with van der Waals surface area (Å²) in [5.41, 5.74) is 0. The van der Waals surface area contributed by atoms with Crippen molar-refractivity contribution in [1.82, 2.24) is 9.97 Å². The van der Waals surface area contributed by atoms with Gasteiger partial charge in [-0.3, -0.25) is 0 Å². The summed E-state index contributed by atoms with van der Waals surface area (Å²) < 4.78 is 0. The van der Waals surface area contributed by atoms with Crippen molar-refractivity contribution >= 4 is 11.6 Å². The van der Waals surface area contributed by atoms with E-state index in [4.69, 9.17) is 4.98 Å². The van der Waals surface area contributed by atoms with E-state index in [9.17, 15) is 0 Å². The summed E-state index contributed by atoms with van der Waals surface area (Å²) in [4.78, 5) is 9.29. The molecule has 1 aromatic rings. The van der Waals surface area contributed by atoms with E-state index in [1.165, 1.54) is 32.1 Å². The number of hydrogen-bond donors (Lipinski definition) is 2. The molecule has 0 aliphatic heterocycles. The van der Waals surface area contributed by atoms with Gasteiger partial charge < -0.3 is 10.6 Å². The highest BCUT2D eigenvalue weighted by molar-refractivity contribution is 5.48. The maximum atomic E-state index is 4.72. The van der Waals surface area contributed by atoms with Crippen molar-refractivity contribution in [3.8, 4) is 0 Å². The van der Waals surface area contributed by atoms with Gasteiger partial charge in [-0.15, -0.1) is 0 Å². The molecule has 2 aliphatic rings. The van der Waals surface area contributed by atoms with Crippen LogP contribution in [-0.2, 0) is 0 Å². The van der Waals surface area contributed by atoms with Gasteiger partial charge in [-0.2, -0.15) is 0 Å². The van der Waals surface area contributed by atoms with Crippen LogP contribution in [0.15, 0.2) is 6.07 Å². The molecular formula is C16H26N4. The molecule has 2 saturated carbocycles. The van der Waals surface area contributed by atoms with E-state index in [1.807, 2.05) is 13.1 Å². The molecule has 110 valence electrons. The third-order valence-corrected chi connectivity index (χ3v) is 4.89. The van der Waals surface area contributed by atoms with Crippen molar-refractivity contribution in [3.05, 3.63) is 11.9 Å². The normalized spacial score (nSPS) is 30.1. The molecule has 1 aromatic heterocycles. The Kier molecular flexibility index (Phi) is 3.81. The van der Waals surface area contributed by atoms with Gasteiger partial charge in [0.05, 0.1) is 0 Å². The van der Waals surface area contributed by atoms with Gasteiger partial charge in [-0.05, 0) is 43.9 Å². The van der Waals surface area contributed by atoms with Crippen molar-refractivity contribution in [3.63, 3.8) is 0 Å². The summed E-state index contributed by atoms with van der Waals surface area (Å²) in [6.45, 7) is 4.74. The molecule has 0 saturated heterocycles. The molecule has 0 spiro atoms. The Balaban J connectivity index is 1.71. The van der Waals surface area contributed by atoms with Crippen LogP contribution < -0.4 is 10.6 Å². The Labute approximate surface area is 121 Å². The van der Waals surface area contributed by atoms with E-state index in [0.29, 0.717) is 12.0 Å². The third-order valence-electron chi connectivity index (χ3n) is 4.89.